The van der Waals surface area contributed by atoms with Crippen LogP contribution in [0.2, 0.25) is 0 Å². The van der Waals surface area contributed by atoms with E-state index < -0.39 is 23.2 Å². The van der Waals surface area contributed by atoms with Crippen LogP contribution in [0.4, 0.5) is 14.5 Å². The summed E-state index contributed by atoms with van der Waals surface area (Å²) in [6.45, 7) is 1.86. The highest BCUT2D eigenvalue weighted by Crippen LogP contribution is 2.20. The molecule has 2 heterocycles. The van der Waals surface area contributed by atoms with E-state index in [9.17, 15) is 13.6 Å². The number of fused-ring (bicyclic) bond motifs is 1. The standard InChI is InChI=1S/C16H13F2N3O/c1-2-12-15(21-9-4-3-8-13(21)19-12)16(22)20-14-10(17)6-5-7-11(14)18/h3-9H,2H2,1H3,(H,20,22). The number of hydrogen-bond donors (Lipinski definition) is 1. The predicted molar refractivity (Wildman–Crippen MR) is 78.9 cm³/mol. The van der Waals surface area contributed by atoms with Gasteiger partial charge in [0, 0.05) is 6.20 Å². The second-order valence-corrected chi connectivity index (χ2v) is 4.74. The third-order valence-electron chi connectivity index (χ3n) is 3.35. The molecule has 0 fully saturated rings. The zero-order chi connectivity index (χ0) is 15.7. The summed E-state index contributed by atoms with van der Waals surface area (Å²) >= 11 is 0. The average molecular weight is 301 g/mol. The van der Waals surface area contributed by atoms with Crippen LogP contribution in [-0.2, 0) is 6.42 Å². The molecule has 0 saturated carbocycles. The molecule has 3 aromatic rings. The van der Waals surface area contributed by atoms with Crippen molar-refractivity contribution in [2.75, 3.05) is 5.32 Å². The summed E-state index contributed by atoms with van der Waals surface area (Å²) in [7, 11) is 0. The first-order valence-corrected chi connectivity index (χ1v) is 6.83. The maximum Gasteiger partial charge on any atom is 0.274 e. The van der Waals surface area contributed by atoms with Crippen LogP contribution in [0.3, 0.4) is 0 Å². The quantitative estimate of drug-likeness (QED) is 0.805. The Morgan fingerprint density at radius 3 is 2.59 bits per heavy atom. The molecule has 0 aliphatic rings. The van der Waals surface area contributed by atoms with Gasteiger partial charge in [-0.1, -0.05) is 19.1 Å². The fourth-order valence-corrected chi connectivity index (χ4v) is 2.32. The Labute approximate surface area is 125 Å². The first kappa shape index (κ1) is 14.2. The molecule has 3 rings (SSSR count). The molecule has 0 spiro atoms. The molecule has 1 amide bonds. The van der Waals surface area contributed by atoms with Crippen molar-refractivity contribution in [3.05, 3.63) is 65.6 Å². The van der Waals surface area contributed by atoms with Gasteiger partial charge in [-0.2, -0.15) is 0 Å². The van der Waals surface area contributed by atoms with Gasteiger partial charge in [-0.25, -0.2) is 13.8 Å². The third-order valence-corrected chi connectivity index (χ3v) is 3.35. The van der Waals surface area contributed by atoms with Crippen LogP contribution < -0.4 is 5.32 Å². The maximum absolute atomic E-state index is 13.7. The number of nitrogens with one attached hydrogen (secondary N) is 1. The fraction of sp³-hybridized carbons (Fsp3) is 0.125. The van der Waals surface area contributed by atoms with Crippen molar-refractivity contribution in [3.63, 3.8) is 0 Å². The molecule has 1 aromatic carbocycles. The smallest absolute Gasteiger partial charge is 0.274 e. The zero-order valence-electron chi connectivity index (χ0n) is 11.8. The summed E-state index contributed by atoms with van der Waals surface area (Å²) in [5.41, 5.74) is 1.00. The minimum absolute atomic E-state index is 0.278. The lowest BCUT2D eigenvalue weighted by atomic mass is 10.2. The van der Waals surface area contributed by atoms with Crippen LogP contribution >= 0.6 is 0 Å². The summed E-state index contributed by atoms with van der Waals surface area (Å²) in [4.78, 5) is 16.8. The first-order chi connectivity index (χ1) is 10.6. The monoisotopic (exact) mass is 301 g/mol. The van der Waals surface area contributed by atoms with Gasteiger partial charge in [0.1, 0.15) is 28.7 Å². The number of nitrogens with zero attached hydrogens (tertiary/aromatic N) is 2. The molecule has 6 heteroatoms. The van der Waals surface area contributed by atoms with Gasteiger partial charge in [0.2, 0.25) is 0 Å². The number of para-hydroxylation sites is 1. The van der Waals surface area contributed by atoms with Crippen molar-refractivity contribution in [1.82, 2.24) is 9.38 Å². The molecule has 22 heavy (non-hydrogen) atoms. The Kier molecular flexibility index (Phi) is 3.58. The number of benzene rings is 1. The molecular weight excluding hydrogens is 288 g/mol. The normalized spacial score (nSPS) is 10.9. The summed E-state index contributed by atoms with van der Waals surface area (Å²) in [5, 5.41) is 2.30. The van der Waals surface area contributed by atoms with E-state index >= 15 is 0 Å². The van der Waals surface area contributed by atoms with Crippen molar-refractivity contribution >= 4 is 17.2 Å². The molecule has 112 valence electrons. The number of hydrogen-bond acceptors (Lipinski definition) is 2. The molecule has 0 aliphatic heterocycles. The van der Waals surface area contributed by atoms with Crippen LogP contribution in [-0.4, -0.2) is 15.3 Å². The number of carbonyl (C=O) groups excluding carboxylic acids is 1. The molecule has 0 atom stereocenters. The van der Waals surface area contributed by atoms with Gasteiger partial charge in [0.05, 0.1) is 5.69 Å². The van der Waals surface area contributed by atoms with E-state index in [0.717, 1.165) is 12.1 Å². The third kappa shape index (κ3) is 2.32. The number of carbonyl (C=O) groups is 1. The summed E-state index contributed by atoms with van der Waals surface area (Å²) in [6, 6.07) is 8.75. The average Bonchev–Trinajstić information content (AvgIpc) is 2.89. The van der Waals surface area contributed by atoms with Crippen molar-refractivity contribution in [1.29, 1.82) is 0 Å². The number of pyridine rings is 1. The summed E-state index contributed by atoms with van der Waals surface area (Å²) in [5.74, 6) is -2.24. The van der Waals surface area contributed by atoms with E-state index in [-0.39, 0.29) is 5.69 Å². The van der Waals surface area contributed by atoms with E-state index in [2.05, 4.69) is 10.3 Å². The van der Waals surface area contributed by atoms with Gasteiger partial charge in [-0.3, -0.25) is 9.20 Å². The fourth-order valence-electron chi connectivity index (χ4n) is 2.32. The highest BCUT2D eigenvalue weighted by molar-refractivity contribution is 6.04. The second-order valence-electron chi connectivity index (χ2n) is 4.74. The Morgan fingerprint density at radius 1 is 1.18 bits per heavy atom. The Bertz CT molecular complexity index is 837. The largest absolute Gasteiger partial charge is 0.316 e. The predicted octanol–water partition coefficient (Wildman–Crippen LogP) is 3.43. The van der Waals surface area contributed by atoms with Crippen LogP contribution in [0.15, 0.2) is 42.6 Å². The van der Waals surface area contributed by atoms with Gasteiger partial charge in [-0.05, 0) is 30.7 Å². The lowest BCUT2D eigenvalue weighted by Gasteiger charge is -2.08. The Morgan fingerprint density at radius 2 is 1.91 bits per heavy atom. The number of halogens is 2. The number of anilines is 1. The molecule has 0 saturated heterocycles. The van der Waals surface area contributed by atoms with E-state index in [1.807, 2.05) is 6.92 Å². The number of aryl methyl sites for hydroxylation is 1. The maximum atomic E-state index is 13.7. The zero-order valence-corrected chi connectivity index (χ0v) is 11.8. The lowest BCUT2D eigenvalue weighted by Crippen LogP contribution is -2.18. The van der Waals surface area contributed by atoms with Crippen LogP contribution in [0.25, 0.3) is 5.65 Å². The number of rotatable bonds is 3. The SMILES string of the molecule is CCc1nc2ccccn2c1C(=O)Nc1c(F)cccc1F. The summed E-state index contributed by atoms with van der Waals surface area (Å²) < 4.78 is 28.9. The molecule has 0 bridgehead atoms. The van der Waals surface area contributed by atoms with Crippen LogP contribution in [0.1, 0.15) is 23.1 Å². The van der Waals surface area contributed by atoms with Gasteiger partial charge in [-0.15, -0.1) is 0 Å². The molecule has 1 N–H and O–H groups in total. The first-order valence-electron chi connectivity index (χ1n) is 6.83. The molecule has 4 nitrogen and oxygen atoms in total. The van der Waals surface area contributed by atoms with Gasteiger partial charge in [0.15, 0.2) is 0 Å². The van der Waals surface area contributed by atoms with Crippen molar-refractivity contribution < 1.29 is 13.6 Å². The van der Waals surface area contributed by atoms with Crippen LogP contribution in [0, 0.1) is 11.6 Å². The van der Waals surface area contributed by atoms with Gasteiger partial charge in [0.25, 0.3) is 5.91 Å². The number of imidazole rings is 1. The van der Waals surface area contributed by atoms with E-state index in [1.165, 1.54) is 6.07 Å². The van der Waals surface area contributed by atoms with Gasteiger partial charge < -0.3 is 5.32 Å². The molecule has 0 radical (unpaired) electrons. The van der Waals surface area contributed by atoms with Crippen molar-refractivity contribution in [2.45, 2.75) is 13.3 Å². The Hall–Kier alpha value is -2.76. The van der Waals surface area contributed by atoms with E-state index in [0.29, 0.717) is 17.8 Å². The molecule has 0 aliphatic carbocycles. The Balaban J connectivity index is 2.06. The van der Waals surface area contributed by atoms with E-state index in [4.69, 9.17) is 0 Å². The topological polar surface area (TPSA) is 46.4 Å². The summed E-state index contributed by atoms with van der Waals surface area (Å²) in [6.07, 6.45) is 2.22. The molecular formula is C16H13F2N3O. The highest BCUT2D eigenvalue weighted by atomic mass is 19.1. The van der Waals surface area contributed by atoms with Crippen molar-refractivity contribution in [2.24, 2.45) is 0 Å². The van der Waals surface area contributed by atoms with E-state index in [1.54, 1.807) is 28.8 Å². The van der Waals surface area contributed by atoms with Crippen LogP contribution in [0.5, 0.6) is 0 Å². The minimum atomic E-state index is -0.819. The van der Waals surface area contributed by atoms with Gasteiger partial charge >= 0.3 is 0 Å². The second kappa shape index (κ2) is 5.55. The highest BCUT2D eigenvalue weighted by Gasteiger charge is 2.20. The lowest BCUT2D eigenvalue weighted by molar-refractivity contribution is 0.101. The number of aromatic nitrogens is 2. The number of amides is 1. The molecule has 0 unspecified atom stereocenters. The minimum Gasteiger partial charge on any atom is -0.316 e. The van der Waals surface area contributed by atoms with Crippen molar-refractivity contribution in [3.8, 4) is 0 Å². The molecule has 2 aromatic heterocycles.